The molecule has 2 aromatic rings. The van der Waals surface area contributed by atoms with E-state index in [1.807, 2.05) is 6.92 Å². The standard InChI is InChI=1S/C16H20N4O3S/c1-12-5-6-14(24(2,22)23)8-15(12)16(21)19-7-3-4-13(9-19)20-11-17-10-18-20/h5-6,8,10-11,13H,3-4,7,9H2,1-2H3/t13-/m0/s1. The minimum atomic E-state index is -3.35. The number of piperidine rings is 1. The van der Waals surface area contributed by atoms with Gasteiger partial charge in [-0.2, -0.15) is 5.10 Å². The average Bonchev–Trinajstić information content (AvgIpc) is 3.08. The molecule has 3 rings (SSSR count). The fourth-order valence-corrected chi connectivity index (χ4v) is 3.64. The van der Waals surface area contributed by atoms with Crippen molar-refractivity contribution in [2.24, 2.45) is 0 Å². The van der Waals surface area contributed by atoms with Crippen molar-refractivity contribution in [1.82, 2.24) is 19.7 Å². The molecule has 24 heavy (non-hydrogen) atoms. The zero-order chi connectivity index (χ0) is 17.3. The molecule has 1 fully saturated rings. The molecule has 0 saturated carbocycles. The van der Waals surface area contributed by atoms with Crippen molar-refractivity contribution in [3.05, 3.63) is 42.0 Å². The van der Waals surface area contributed by atoms with Gasteiger partial charge in [0.2, 0.25) is 0 Å². The summed E-state index contributed by atoms with van der Waals surface area (Å²) in [6.07, 6.45) is 6.11. The number of aromatic nitrogens is 3. The minimum Gasteiger partial charge on any atom is -0.336 e. The molecule has 1 aliphatic heterocycles. The van der Waals surface area contributed by atoms with Crippen LogP contribution in [0.4, 0.5) is 0 Å². The first kappa shape index (κ1) is 16.6. The smallest absolute Gasteiger partial charge is 0.254 e. The number of likely N-dealkylation sites (tertiary alicyclic amines) is 1. The Labute approximate surface area is 141 Å². The van der Waals surface area contributed by atoms with E-state index >= 15 is 0 Å². The number of hydrogen-bond donors (Lipinski definition) is 0. The second-order valence-electron chi connectivity index (χ2n) is 6.17. The number of aryl methyl sites for hydroxylation is 1. The first-order valence-corrected chi connectivity index (χ1v) is 9.69. The van der Waals surface area contributed by atoms with Crippen LogP contribution in [0.3, 0.4) is 0 Å². The van der Waals surface area contributed by atoms with Gasteiger partial charge in [-0.15, -0.1) is 0 Å². The molecule has 1 amide bonds. The second-order valence-corrected chi connectivity index (χ2v) is 8.19. The van der Waals surface area contributed by atoms with Gasteiger partial charge in [-0.05, 0) is 37.5 Å². The largest absolute Gasteiger partial charge is 0.336 e. The van der Waals surface area contributed by atoms with Crippen molar-refractivity contribution in [2.75, 3.05) is 19.3 Å². The highest BCUT2D eigenvalue weighted by atomic mass is 32.2. The number of sulfone groups is 1. The molecule has 0 bridgehead atoms. The minimum absolute atomic E-state index is 0.101. The Balaban J connectivity index is 1.86. The van der Waals surface area contributed by atoms with Gasteiger partial charge in [0.15, 0.2) is 9.84 Å². The third-order valence-electron chi connectivity index (χ3n) is 4.36. The molecule has 128 valence electrons. The normalized spacial score (nSPS) is 18.6. The van der Waals surface area contributed by atoms with Crippen molar-refractivity contribution in [3.8, 4) is 0 Å². The highest BCUT2D eigenvalue weighted by Crippen LogP contribution is 2.24. The van der Waals surface area contributed by atoms with Gasteiger partial charge in [0.25, 0.3) is 5.91 Å². The van der Waals surface area contributed by atoms with E-state index in [1.165, 1.54) is 18.5 Å². The molecule has 0 radical (unpaired) electrons. The zero-order valence-corrected chi connectivity index (χ0v) is 14.5. The van der Waals surface area contributed by atoms with E-state index in [-0.39, 0.29) is 16.8 Å². The monoisotopic (exact) mass is 348 g/mol. The summed E-state index contributed by atoms with van der Waals surface area (Å²) in [5.41, 5.74) is 1.22. The summed E-state index contributed by atoms with van der Waals surface area (Å²) >= 11 is 0. The lowest BCUT2D eigenvalue weighted by Crippen LogP contribution is -2.41. The summed E-state index contributed by atoms with van der Waals surface area (Å²) in [6.45, 7) is 3.02. The van der Waals surface area contributed by atoms with Gasteiger partial charge in [-0.1, -0.05) is 6.07 Å². The number of carbonyl (C=O) groups excluding carboxylic acids is 1. The van der Waals surface area contributed by atoms with Crippen molar-refractivity contribution in [3.63, 3.8) is 0 Å². The molecular formula is C16H20N4O3S. The first-order valence-electron chi connectivity index (χ1n) is 7.80. The van der Waals surface area contributed by atoms with Crippen LogP contribution in [-0.2, 0) is 9.84 Å². The van der Waals surface area contributed by atoms with E-state index < -0.39 is 9.84 Å². The molecule has 0 spiro atoms. The number of benzene rings is 1. The number of nitrogens with zero attached hydrogens (tertiary/aromatic N) is 4. The topological polar surface area (TPSA) is 85.2 Å². The van der Waals surface area contributed by atoms with Gasteiger partial charge in [-0.3, -0.25) is 4.79 Å². The number of carbonyl (C=O) groups is 1. The lowest BCUT2D eigenvalue weighted by molar-refractivity contribution is 0.0671. The van der Waals surface area contributed by atoms with Crippen LogP contribution >= 0.6 is 0 Å². The highest BCUT2D eigenvalue weighted by Gasteiger charge is 2.27. The van der Waals surface area contributed by atoms with Gasteiger partial charge in [0.1, 0.15) is 12.7 Å². The molecule has 0 N–H and O–H groups in total. The van der Waals surface area contributed by atoms with Crippen LogP contribution in [0.5, 0.6) is 0 Å². The summed E-state index contributed by atoms with van der Waals surface area (Å²) < 4.78 is 25.3. The maximum atomic E-state index is 12.9. The fourth-order valence-electron chi connectivity index (χ4n) is 2.99. The number of hydrogen-bond acceptors (Lipinski definition) is 5. The summed E-state index contributed by atoms with van der Waals surface area (Å²) in [4.78, 5) is 18.8. The van der Waals surface area contributed by atoms with E-state index in [0.29, 0.717) is 18.7 Å². The molecule has 1 aromatic carbocycles. The van der Waals surface area contributed by atoms with E-state index in [9.17, 15) is 13.2 Å². The maximum Gasteiger partial charge on any atom is 0.254 e. The number of amides is 1. The van der Waals surface area contributed by atoms with E-state index in [0.717, 1.165) is 24.7 Å². The van der Waals surface area contributed by atoms with E-state index in [1.54, 1.807) is 22.0 Å². The zero-order valence-electron chi connectivity index (χ0n) is 13.7. The molecule has 1 aromatic heterocycles. The molecule has 0 aliphatic carbocycles. The predicted octanol–water partition coefficient (Wildman–Crippen LogP) is 1.47. The third-order valence-corrected chi connectivity index (χ3v) is 5.47. The van der Waals surface area contributed by atoms with Crippen molar-refractivity contribution in [2.45, 2.75) is 30.7 Å². The van der Waals surface area contributed by atoms with Gasteiger partial charge < -0.3 is 4.90 Å². The molecule has 1 atom stereocenters. The molecule has 7 nitrogen and oxygen atoms in total. The Bertz CT molecular complexity index is 846. The van der Waals surface area contributed by atoms with Gasteiger partial charge in [0, 0.05) is 24.9 Å². The van der Waals surface area contributed by atoms with E-state index in [4.69, 9.17) is 0 Å². The Hall–Kier alpha value is -2.22. The van der Waals surface area contributed by atoms with Crippen molar-refractivity contribution in [1.29, 1.82) is 0 Å². The van der Waals surface area contributed by atoms with Crippen LogP contribution in [-0.4, -0.2) is 53.3 Å². The van der Waals surface area contributed by atoms with Crippen LogP contribution in [0.1, 0.15) is 34.8 Å². The molecule has 2 heterocycles. The Morgan fingerprint density at radius 3 is 2.79 bits per heavy atom. The highest BCUT2D eigenvalue weighted by molar-refractivity contribution is 7.90. The van der Waals surface area contributed by atoms with Gasteiger partial charge >= 0.3 is 0 Å². The first-order chi connectivity index (χ1) is 11.4. The summed E-state index contributed by atoms with van der Waals surface area (Å²) in [6, 6.07) is 4.80. The van der Waals surface area contributed by atoms with Crippen LogP contribution in [0.25, 0.3) is 0 Å². The fraction of sp³-hybridized carbons (Fsp3) is 0.438. The van der Waals surface area contributed by atoms with Crippen LogP contribution in [0.15, 0.2) is 35.7 Å². The van der Waals surface area contributed by atoms with Crippen LogP contribution in [0, 0.1) is 6.92 Å². The molecular weight excluding hydrogens is 328 g/mol. The number of rotatable bonds is 3. The molecule has 8 heteroatoms. The quantitative estimate of drug-likeness (QED) is 0.838. The summed E-state index contributed by atoms with van der Waals surface area (Å²) in [5, 5.41) is 4.16. The summed E-state index contributed by atoms with van der Waals surface area (Å²) in [7, 11) is -3.35. The lowest BCUT2D eigenvalue weighted by Gasteiger charge is -2.33. The van der Waals surface area contributed by atoms with Crippen LogP contribution in [0.2, 0.25) is 0 Å². The van der Waals surface area contributed by atoms with E-state index in [2.05, 4.69) is 10.1 Å². The second kappa shape index (κ2) is 6.35. The Morgan fingerprint density at radius 1 is 1.33 bits per heavy atom. The maximum absolute atomic E-state index is 12.9. The predicted molar refractivity (Wildman–Crippen MR) is 88.5 cm³/mol. The van der Waals surface area contributed by atoms with Crippen molar-refractivity contribution < 1.29 is 13.2 Å². The van der Waals surface area contributed by atoms with Crippen molar-refractivity contribution >= 4 is 15.7 Å². The Kier molecular flexibility index (Phi) is 4.40. The SMILES string of the molecule is Cc1ccc(S(C)(=O)=O)cc1C(=O)N1CCC[C@H](n2cncn2)C1. The van der Waals surface area contributed by atoms with Crippen LogP contribution < -0.4 is 0 Å². The lowest BCUT2D eigenvalue weighted by atomic mass is 10.0. The third kappa shape index (κ3) is 3.33. The summed E-state index contributed by atoms with van der Waals surface area (Å²) in [5.74, 6) is -0.136. The molecule has 1 saturated heterocycles. The Morgan fingerprint density at radius 2 is 2.12 bits per heavy atom. The molecule has 1 aliphatic rings. The molecule has 0 unspecified atom stereocenters. The van der Waals surface area contributed by atoms with Gasteiger partial charge in [0.05, 0.1) is 10.9 Å². The van der Waals surface area contributed by atoms with Gasteiger partial charge in [-0.25, -0.2) is 18.1 Å². The average molecular weight is 348 g/mol.